The Balaban J connectivity index is 4.58. The smallest absolute Gasteiger partial charge is 0.326 e. The molecule has 0 aromatic carbocycles. The van der Waals surface area contributed by atoms with Gasteiger partial charge in [-0.3, -0.25) is 14.4 Å². The molecular formula is C17H30N2O6. The van der Waals surface area contributed by atoms with Gasteiger partial charge in [0.1, 0.15) is 12.1 Å². The second kappa shape index (κ2) is 11.4. The first kappa shape index (κ1) is 22.9. The Morgan fingerprint density at radius 1 is 0.880 bits per heavy atom. The lowest BCUT2D eigenvalue weighted by Gasteiger charge is -2.25. The van der Waals surface area contributed by atoms with Crippen molar-refractivity contribution in [2.45, 2.75) is 65.5 Å². The summed E-state index contributed by atoms with van der Waals surface area (Å²) in [5.41, 5.74) is 0. The molecule has 0 aliphatic rings. The number of carboxylic acids is 1. The highest BCUT2D eigenvalue weighted by atomic mass is 16.5. The van der Waals surface area contributed by atoms with Crippen LogP contribution in [0.4, 0.5) is 0 Å². The lowest BCUT2D eigenvalue weighted by molar-refractivity contribution is -0.144. The molecule has 0 saturated carbocycles. The molecule has 0 aliphatic carbocycles. The van der Waals surface area contributed by atoms with E-state index in [1.54, 1.807) is 27.7 Å². The van der Waals surface area contributed by atoms with Gasteiger partial charge < -0.3 is 20.5 Å². The van der Waals surface area contributed by atoms with E-state index in [1.165, 1.54) is 7.11 Å². The highest BCUT2D eigenvalue weighted by Crippen LogP contribution is 2.08. The number of unbranched alkanes of at least 4 members (excludes halogenated alkanes) is 1. The van der Waals surface area contributed by atoms with Crippen LogP contribution in [0, 0.1) is 11.8 Å². The fraction of sp³-hybridized carbons (Fsp3) is 0.765. The molecule has 0 aromatic heterocycles. The van der Waals surface area contributed by atoms with Gasteiger partial charge in [0.15, 0.2) is 0 Å². The SMILES string of the molecule is COC(=O)CCCCC(=O)N[C@H](C(=O)N[C@H](C(=O)O)C(C)C)C(C)C. The summed E-state index contributed by atoms with van der Waals surface area (Å²) in [6.07, 6.45) is 1.44. The molecule has 0 rings (SSSR count). The monoisotopic (exact) mass is 358 g/mol. The molecule has 0 heterocycles. The van der Waals surface area contributed by atoms with Crippen molar-refractivity contribution >= 4 is 23.8 Å². The second-order valence-corrected chi connectivity index (χ2v) is 6.64. The maximum absolute atomic E-state index is 12.3. The van der Waals surface area contributed by atoms with Crippen LogP contribution in [-0.4, -0.2) is 48.1 Å². The van der Waals surface area contributed by atoms with Crippen molar-refractivity contribution in [3.05, 3.63) is 0 Å². The lowest BCUT2D eigenvalue weighted by Crippen LogP contribution is -2.54. The summed E-state index contributed by atoms with van der Waals surface area (Å²) in [7, 11) is 1.31. The number of rotatable bonds is 11. The molecule has 0 fully saturated rings. The Morgan fingerprint density at radius 3 is 1.84 bits per heavy atom. The molecule has 2 atom stereocenters. The minimum absolute atomic E-state index is 0.181. The van der Waals surface area contributed by atoms with Crippen molar-refractivity contribution in [1.82, 2.24) is 10.6 Å². The molecule has 0 spiro atoms. The van der Waals surface area contributed by atoms with Gasteiger partial charge in [-0.05, 0) is 24.7 Å². The third-order valence-electron chi connectivity index (χ3n) is 3.76. The minimum atomic E-state index is -1.11. The van der Waals surface area contributed by atoms with E-state index >= 15 is 0 Å². The Bertz CT molecular complexity index is 476. The number of aliphatic carboxylic acids is 1. The summed E-state index contributed by atoms with van der Waals surface area (Å²) in [6, 6.07) is -1.82. The first-order chi connectivity index (χ1) is 11.6. The van der Waals surface area contributed by atoms with E-state index in [4.69, 9.17) is 5.11 Å². The standard InChI is InChI=1S/C17H30N2O6/c1-10(2)14(16(22)19-15(11(3)4)17(23)24)18-12(20)8-6-7-9-13(21)25-5/h10-11,14-15H,6-9H2,1-5H3,(H,18,20)(H,19,22)(H,23,24)/t14-,15-/m0/s1. The average Bonchev–Trinajstić information content (AvgIpc) is 2.52. The number of esters is 1. The van der Waals surface area contributed by atoms with E-state index in [-0.39, 0.29) is 36.6 Å². The van der Waals surface area contributed by atoms with Crippen LogP contribution >= 0.6 is 0 Å². The number of hydrogen-bond acceptors (Lipinski definition) is 5. The predicted molar refractivity (Wildman–Crippen MR) is 91.7 cm³/mol. The molecule has 8 heteroatoms. The molecule has 3 N–H and O–H groups in total. The molecular weight excluding hydrogens is 328 g/mol. The molecule has 0 radical (unpaired) electrons. The number of ether oxygens (including phenoxy) is 1. The van der Waals surface area contributed by atoms with Crippen LogP contribution in [0.2, 0.25) is 0 Å². The predicted octanol–water partition coefficient (Wildman–Crippen LogP) is 1.09. The van der Waals surface area contributed by atoms with E-state index in [1.807, 2.05) is 0 Å². The second-order valence-electron chi connectivity index (χ2n) is 6.64. The molecule has 0 aliphatic heterocycles. The third-order valence-corrected chi connectivity index (χ3v) is 3.76. The van der Waals surface area contributed by atoms with Gasteiger partial charge in [-0.15, -0.1) is 0 Å². The van der Waals surface area contributed by atoms with Crippen molar-refractivity contribution in [3.8, 4) is 0 Å². The summed E-state index contributed by atoms with van der Waals surface area (Å²) < 4.78 is 4.52. The van der Waals surface area contributed by atoms with E-state index < -0.39 is 24.0 Å². The molecule has 0 bridgehead atoms. The Hall–Kier alpha value is -2.12. The maximum atomic E-state index is 12.3. The number of amides is 2. The summed E-state index contributed by atoms with van der Waals surface area (Å²) in [5, 5.41) is 14.3. The molecule has 0 saturated heterocycles. The summed E-state index contributed by atoms with van der Waals surface area (Å²) in [6.45, 7) is 6.94. The van der Waals surface area contributed by atoms with E-state index in [9.17, 15) is 19.2 Å². The van der Waals surface area contributed by atoms with Gasteiger partial charge in [0, 0.05) is 12.8 Å². The largest absolute Gasteiger partial charge is 0.480 e. The third kappa shape index (κ3) is 9.07. The number of carbonyl (C=O) groups is 4. The number of nitrogens with one attached hydrogen (secondary N) is 2. The van der Waals surface area contributed by atoms with Gasteiger partial charge in [-0.25, -0.2) is 4.79 Å². The number of carbonyl (C=O) groups excluding carboxylic acids is 3. The van der Waals surface area contributed by atoms with Crippen LogP contribution in [0.5, 0.6) is 0 Å². The number of methoxy groups -OCH3 is 1. The highest BCUT2D eigenvalue weighted by molar-refractivity contribution is 5.90. The quantitative estimate of drug-likeness (QED) is 0.375. The fourth-order valence-corrected chi connectivity index (χ4v) is 2.19. The summed E-state index contributed by atoms with van der Waals surface area (Å²) in [5.74, 6) is -2.73. The maximum Gasteiger partial charge on any atom is 0.326 e. The molecule has 25 heavy (non-hydrogen) atoms. The van der Waals surface area contributed by atoms with Crippen molar-refractivity contribution < 1.29 is 29.0 Å². The van der Waals surface area contributed by atoms with Gasteiger partial charge in [-0.1, -0.05) is 27.7 Å². The van der Waals surface area contributed by atoms with Gasteiger partial charge in [0.05, 0.1) is 7.11 Å². The van der Waals surface area contributed by atoms with Crippen molar-refractivity contribution in [1.29, 1.82) is 0 Å². The Kier molecular flexibility index (Phi) is 10.5. The minimum Gasteiger partial charge on any atom is -0.480 e. The zero-order valence-electron chi connectivity index (χ0n) is 15.6. The van der Waals surface area contributed by atoms with E-state index in [2.05, 4.69) is 15.4 Å². The summed E-state index contributed by atoms with van der Waals surface area (Å²) >= 11 is 0. The Morgan fingerprint density at radius 2 is 1.40 bits per heavy atom. The number of hydrogen-bond donors (Lipinski definition) is 3. The van der Waals surface area contributed by atoms with Crippen LogP contribution in [0.15, 0.2) is 0 Å². The lowest BCUT2D eigenvalue weighted by atomic mass is 10.00. The van der Waals surface area contributed by atoms with Crippen LogP contribution < -0.4 is 10.6 Å². The van der Waals surface area contributed by atoms with Gasteiger partial charge in [0.2, 0.25) is 11.8 Å². The van der Waals surface area contributed by atoms with E-state index in [0.717, 1.165) is 0 Å². The normalized spacial score (nSPS) is 13.2. The Labute approximate surface area is 148 Å². The van der Waals surface area contributed by atoms with Gasteiger partial charge in [-0.2, -0.15) is 0 Å². The molecule has 0 aromatic rings. The topological polar surface area (TPSA) is 122 Å². The number of carboxylic acid groups (broad SMARTS) is 1. The molecule has 8 nitrogen and oxygen atoms in total. The zero-order valence-corrected chi connectivity index (χ0v) is 15.6. The molecule has 0 unspecified atom stereocenters. The van der Waals surface area contributed by atoms with Gasteiger partial charge >= 0.3 is 11.9 Å². The van der Waals surface area contributed by atoms with Crippen molar-refractivity contribution in [2.75, 3.05) is 7.11 Å². The first-order valence-corrected chi connectivity index (χ1v) is 8.49. The van der Waals surface area contributed by atoms with Crippen LogP contribution in [-0.2, 0) is 23.9 Å². The molecule has 2 amide bonds. The fourth-order valence-electron chi connectivity index (χ4n) is 2.19. The van der Waals surface area contributed by atoms with Crippen LogP contribution in [0.1, 0.15) is 53.4 Å². The van der Waals surface area contributed by atoms with Crippen LogP contribution in [0.25, 0.3) is 0 Å². The van der Waals surface area contributed by atoms with E-state index in [0.29, 0.717) is 12.8 Å². The molecule has 144 valence electrons. The van der Waals surface area contributed by atoms with Crippen LogP contribution in [0.3, 0.4) is 0 Å². The zero-order chi connectivity index (χ0) is 19.6. The van der Waals surface area contributed by atoms with Crippen molar-refractivity contribution in [2.24, 2.45) is 11.8 Å². The first-order valence-electron chi connectivity index (χ1n) is 8.49. The van der Waals surface area contributed by atoms with Crippen molar-refractivity contribution in [3.63, 3.8) is 0 Å². The average molecular weight is 358 g/mol. The highest BCUT2D eigenvalue weighted by Gasteiger charge is 2.29. The van der Waals surface area contributed by atoms with Gasteiger partial charge in [0.25, 0.3) is 0 Å². The summed E-state index contributed by atoms with van der Waals surface area (Å²) in [4.78, 5) is 46.6.